The van der Waals surface area contributed by atoms with Crippen molar-refractivity contribution in [3.8, 4) is 0 Å². The minimum Gasteiger partial charge on any atom is -0.467 e. The molecule has 0 N–H and O–H groups in total. The van der Waals surface area contributed by atoms with Crippen LogP contribution in [0.3, 0.4) is 0 Å². The number of furan rings is 1. The first-order valence-corrected chi connectivity index (χ1v) is 11.1. The molecule has 0 unspecified atom stereocenters. The standard InChI is InChI=1S/C20H22N2O3S2/c23-18(14-26-17-6-2-1-3-7-17)21-10-8-20(9-11-21)22(19(24)15-27-20)13-16-5-4-12-25-16/h1-7,12H,8-11,13-15H2. The Hall–Kier alpha value is -1.86. The van der Waals surface area contributed by atoms with Gasteiger partial charge >= 0.3 is 0 Å². The van der Waals surface area contributed by atoms with Gasteiger partial charge in [0.15, 0.2) is 0 Å². The topological polar surface area (TPSA) is 53.8 Å². The molecule has 1 aromatic heterocycles. The molecule has 2 aliphatic rings. The van der Waals surface area contributed by atoms with Gasteiger partial charge in [-0.1, -0.05) is 18.2 Å². The number of thioether (sulfide) groups is 2. The van der Waals surface area contributed by atoms with Crippen molar-refractivity contribution in [2.75, 3.05) is 24.6 Å². The molecule has 0 atom stereocenters. The van der Waals surface area contributed by atoms with Crippen molar-refractivity contribution in [1.82, 2.24) is 9.80 Å². The molecule has 142 valence electrons. The Morgan fingerprint density at radius 1 is 1.15 bits per heavy atom. The zero-order valence-corrected chi connectivity index (χ0v) is 16.6. The summed E-state index contributed by atoms with van der Waals surface area (Å²) >= 11 is 3.30. The monoisotopic (exact) mass is 402 g/mol. The van der Waals surface area contributed by atoms with Crippen LogP contribution in [-0.4, -0.2) is 51.1 Å². The fourth-order valence-corrected chi connectivity index (χ4v) is 5.81. The molecule has 7 heteroatoms. The van der Waals surface area contributed by atoms with E-state index in [-0.39, 0.29) is 16.7 Å². The van der Waals surface area contributed by atoms with Crippen molar-refractivity contribution in [2.24, 2.45) is 0 Å². The Morgan fingerprint density at radius 3 is 2.63 bits per heavy atom. The molecule has 4 rings (SSSR count). The second-order valence-electron chi connectivity index (χ2n) is 6.78. The number of piperidine rings is 1. The lowest BCUT2D eigenvalue weighted by molar-refractivity contribution is -0.134. The highest BCUT2D eigenvalue weighted by Gasteiger charge is 2.48. The van der Waals surface area contributed by atoms with Crippen molar-refractivity contribution in [1.29, 1.82) is 0 Å². The highest BCUT2D eigenvalue weighted by atomic mass is 32.2. The number of nitrogens with zero attached hydrogens (tertiary/aromatic N) is 2. The molecular formula is C20H22N2O3S2. The van der Waals surface area contributed by atoms with Crippen LogP contribution in [0.15, 0.2) is 58.0 Å². The Balaban J connectivity index is 1.34. The SMILES string of the molecule is O=C(CSc1ccccc1)N1CCC2(CC1)SCC(=O)N2Cc1ccco1. The first kappa shape index (κ1) is 18.5. The van der Waals surface area contributed by atoms with E-state index in [0.717, 1.165) is 23.5 Å². The van der Waals surface area contributed by atoms with E-state index in [1.807, 2.05) is 52.3 Å². The lowest BCUT2D eigenvalue weighted by atomic mass is 10.0. The van der Waals surface area contributed by atoms with Crippen LogP contribution in [-0.2, 0) is 16.1 Å². The van der Waals surface area contributed by atoms with E-state index in [9.17, 15) is 9.59 Å². The third kappa shape index (κ3) is 4.04. The zero-order chi connectivity index (χ0) is 18.7. The van der Waals surface area contributed by atoms with E-state index < -0.39 is 0 Å². The molecule has 0 aliphatic carbocycles. The molecule has 27 heavy (non-hydrogen) atoms. The minimum atomic E-state index is -0.201. The molecule has 0 saturated carbocycles. The van der Waals surface area contributed by atoms with Crippen molar-refractivity contribution in [2.45, 2.75) is 29.2 Å². The lowest BCUT2D eigenvalue weighted by Crippen LogP contribution is -2.52. The molecule has 0 radical (unpaired) electrons. The molecular weight excluding hydrogens is 380 g/mol. The molecule has 5 nitrogen and oxygen atoms in total. The van der Waals surface area contributed by atoms with Crippen LogP contribution in [0.25, 0.3) is 0 Å². The van der Waals surface area contributed by atoms with Gasteiger partial charge < -0.3 is 14.2 Å². The number of benzene rings is 1. The van der Waals surface area contributed by atoms with E-state index in [1.165, 1.54) is 0 Å². The summed E-state index contributed by atoms with van der Waals surface area (Å²) in [6.07, 6.45) is 3.26. The molecule has 1 spiro atoms. The van der Waals surface area contributed by atoms with E-state index >= 15 is 0 Å². The van der Waals surface area contributed by atoms with Crippen LogP contribution in [0.4, 0.5) is 0 Å². The summed E-state index contributed by atoms with van der Waals surface area (Å²) in [6.45, 7) is 1.91. The van der Waals surface area contributed by atoms with Gasteiger partial charge in [-0.25, -0.2) is 0 Å². The number of hydrogen-bond acceptors (Lipinski definition) is 5. The van der Waals surface area contributed by atoms with Crippen LogP contribution < -0.4 is 0 Å². The van der Waals surface area contributed by atoms with Gasteiger partial charge in [0.1, 0.15) is 5.76 Å². The van der Waals surface area contributed by atoms with Crippen LogP contribution in [0, 0.1) is 0 Å². The summed E-state index contributed by atoms with van der Waals surface area (Å²) in [5, 5.41) is 0. The first-order chi connectivity index (χ1) is 13.2. The minimum absolute atomic E-state index is 0.163. The van der Waals surface area contributed by atoms with Gasteiger partial charge in [0.25, 0.3) is 0 Å². The van der Waals surface area contributed by atoms with Crippen LogP contribution in [0.5, 0.6) is 0 Å². The smallest absolute Gasteiger partial charge is 0.234 e. The number of carbonyl (C=O) groups is 2. The van der Waals surface area contributed by atoms with Gasteiger partial charge in [-0.15, -0.1) is 23.5 Å². The Labute approximate surface area is 167 Å². The number of likely N-dealkylation sites (tertiary alicyclic amines) is 1. The summed E-state index contributed by atoms with van der Waals surface area (Å²) in [4.78, 5) is 29.8. The van der Waals surface area contributed by atoms with Crippen LogP contribution in [0.1, 0.15) is 18.6 Å². The van der Waals surface area contributed by atoms with Gasteiger partial charge in [0, 0.05) is 18.0 Å². The van der Waals surface area contributed by atoms with Gasteiger partial charge in [0.05, 0.1) is 29.2 Å². The fourth-order valence-electron chi connectivity index (χ4n) is 3.64. The molecule has 2 aromatic rings. The van der Waals surface area contributed by atoms with E-state index in [0.29, 0.717) is 31.1 Å². The van der Waals surface area contributed by atoms with Crippen molar-refractivity contribution in [3.63, 3.8) is 0 Å². The summed E-state index contributed by atoms with van der Waals surface area (Å²) in [5.41, 5.74) is 0. The van der Waals surface area contributed by atoms with Crippen molar-refractivity contribution >= 4 is 35.3 Å². The van der Waals surface area contributed by atoms with Crippen molar-refractivity contribution in [3.05, 3.63) is 54.5 Å². The summed E-state index contributed by atoms with van der Waals surface area (Å²) in [7, 11) is 0. The number of amides is 2. The second-order valence-corrected chi connectivity index (χ2v) is 9.16. The maximum Gasteiger partial charge on any atom is 0.234 e. The average molecular weight is 403 g/mol. The largest absolute Gasteiger partial charge is 0.467 e. The number of carbonyl (C=O) groups excluding carboxylic acids is 2. The van der Waals surface area contributed by atoms with Crippen LogP contribution in [0.2, 0.25) is 0 Å². The molecule has 0 bridgehead atoms. The van der Waals surface area contributed by atoms with Crippen molar-refractivity contribution < 1.29 is 14.0 Å². The molecule has 2 saturated heterocycles. The van der Waals surface area contributed by atoms with E-state index in [1.54, 1.807) is 29.8 Å². The van der Waals surface area contributed by atoms with E-state index in [4.69, 9.17) is 4.42 Å². The normalized spacial score (nSPS) is 19.0. The number of hydrogen-bond donors (Lipinski definition) is 0. The molecule has 2 amide bonds. The van der Waals surface area contributed by atoms with Gasteiger partial charge in [-0.05, 0) is 37.1 Å². The highest BCUT2D eigenvalue weighted by molar-refractivity contribution is 8.01. The quantitative estimate of drug-likeness (QED) is 0.717. The lowest BCUT2D eigenvalue weighted by Gasteiger charge is -2.43. The molecule has 2 fully saturated rings. The predicted molar refractivity (Wildman–Crippen MR) is 107 cm³/mol. The summed E-state index contributed by atoms with van der Waals surface area (Å²) < 4.78 is 5.44. The maximum atomic E-state index is 12.6. The zero-order valence-electron chi connectivity index (χ0n) is 15.0. The molecule has 1 aromatic carbocycles. The molecule has 2 aliphatic heterocycles. The van der Waals surface area contributed by atoms with Gasteiger partial charge in [-0.3, -0.25) is 9.59 Å². The highest BCUT2D eigenvalue weighted by Crippen LogP contribution is 2.45. The first-order valence-electron chi connectivity index (χ1n) is 9.09. The fraction of sp³-hybridized carbons (Fsp3) is 0.400. The summed E-state index contributed by atoms with van der Waals surface area (Å²) in [6, 6.07) is 13.8. The Bertz CT molecular complexity index is 787. The number of rotatable bonds is 5. The van der Waals surface area contributed by atoms with E-state index in [2.05, 4.69) is 0 Å². The predicted octanol–water partition coefficient (Wildman–Crippen LogP) is 3.47. The average Bonchev–Trinajstić information content (AvgIpc) is 3.32. The Morgan fingerprint density at radius 2 is 1.93 bits per heavy atom. The van der Waals surface area contributed by atoms with Crippen LogP contribution >= 0.6 is 23.5 Å². The summed E-state index contributed by atoms with van der Waals surface area (Å²) in [5.74, 6) is 2.11. The van der Waals surface area contributed by atoms with Gasteiger partial charge in [-0.2, -0.15) is 0 Å². The van der Waals surface area contributed by atoms with Gasteiger partial charge in [0.2, 0.25) is 11.8 Å². The second kappa shape index (κ2) is 8.02. The molecule has 3 heterocycles. The Kier molecular flexibility index (Phi) is 5.50. The third-order valence-electron chi connectivity index (χ3n) is 5.15. The third-order valence-corrected chi connectivity index (χ3v) is 7.71. The maximum absolute atomic E-state index is 12.6.